The lowest BCUT2D eigenvalue weighted by molar-refractivity contribution is -0.145. The Labute approximate surface area is 142 Å². The van der Waals surface area contributed by atoms with E-state index in [0.29, 0.717) is 12.1 Å². The maximum Gasteiger partial charge on any atom is 0.307 e. The van der Waals surface area contributed by atoms with Gasteiger partial charge in [0.1, 0.15) is 0 Å². The molecule has 0 aliphatic rings. The molecule has 0 saturated heterocycles. The molecule has 0 spiro atoms. The minimum Gasteiger partial charge on any atom is -0.481 e. The Bertz CT molecular complexity index is 705. The number of nitrogens with one attached hydrogen (secondary N) is 1. The summed E-state index contributed by atoms with van der Waals surface area (Å²) in [5.41, 5.74) is 3.80. The second-order valence-electron chi connectivity index (χ2n) is 6.29. The number of carbonyl (C=O) groups is 2. The first kappa shape index (κ1) is 17.7. The van der Waals surface area contributed by atoms with Crippen LogP contribution in [0.5, 0.6) is 0 Å². The smallest absolute Gasteiger partial charge is 0.307 e. The maximum atomic E-state index is 12.4. The average Bonchev–Trinajstić information content (AvgIpc) is 2.51. The molecule has 0 aliphatic heterocycles. The third-order valence-corrected chi connectivity index (χ3v) is 4.11. The van der Waals surface area contributed by atoms with Crippen molar-refractivity contribution in [1.82, 2.24) is 0 Å². The summed E-state index contributed by atoms with van der Waals surface area (Å²) in [6.45, 7) is 5.63. The quantitative estimate of drug-likeness (QED) is 0.848. The summed E-state index contributed by atoms with van der Waals surface area (Å²) in [5, 5.41) is 12.4. The fourth-order valence-electron chi connectivity index (χ4n) is 2.88. The van der Waals surface area contributed by atoms with Gasteiger partial charge < -0.3 is 10.4 Å². The molecule has 2 atom stereocenters. The van der Waals surface area contributed by atoms with E-state index < -0.39 is 17.8 Å². The molecule has 126 valence electrons. The number of carboxylic acid groups (broad SMARTS) is 1. The molecular formula is C20H23NO3. The summed E-state index contributed by atoms with van der Waals surface area (Å²) in [5.74, 6) is -2.64. The second kappa shape index (κ2) is 7.77. The van der Waals surface area contributed by atoms with E-state index in [-0.39, 0.29) is 5.91 Å². The second-order valence-corrected chi connectivity index (χ2v) is 6.29. The first-order chi connectivity index (χ1) is 11.4. The maximum absolute atomic E-state index is 12.4. The Balaban J connectivity index is 2.14. The summed E-state index contributed by atoms with van der Waals surface area (Å²) >= 11 is 0. The van der Waals surface area contributed by atoms with E-state index in [0.717, 1.165) is 16.7 Å². The molecule has 2 rings (SSSR count). The van der Waals surface area contributed by atoms with E-state index in [2.05, 4.69) is 5.32 Å². The topological polar surface area (TPSA) is 66.4 Å². The monoisotopic (exact) mass is 325 g/mol. The van der Waals surface area contributed by atoms with Gasteiger partial charge in [0, 0.05) is 11.6 Å². The molecule has 1 amide bonds. The summed E-state index contributed by atoms with van der Waals surface area (Å²) in [6, 6.07) is 15.1. The Morgan fingerprint density at radius 1 is 1.04 bits per heavy atom. The zero-order chi connectivity index (χ0) is 17.7. The number of benzene rings is 2. The van der Waals surface area contributed by atoms with E-state index in [1.165, 1.54) is 0 Å². The van der Waals surface area contributed by atoms with Crippen LogP contribution < -0.4 is 5.32 Å². The lowest BCUT2D eigenvalue weighted by atomic mass is 9.86. The van der Waals surface area contributed by atoms with Crippen LogP contribution in [0.2, 0.25) is 0 Å². The van der Waals surface area contributed by atoms with Gasteiger partial charge in [-0.05, 0) is 38.0 Å². The SMILES string of the molecule is Cc1cc(C)cc(CC(C(=O)O)C(C)C(=O)Nc2ccccc2)c1. The van der Waals surface area contributed by atoms with Crippen LogP contribution in [0.25, 0.3) is 0 Å². The molecule has 0 radical (unpaired) electrons. The highest BCUT2D eigenvalue weighted by molar-refractivity contribution is 5.94. The van der Waals surface area contributed by atoms with Crippen molar-refractivity contribution < 1.29 is 14.7 Å². The Morgan fingerprint density at radius 3 is 2.17 bits per heavy atom. The van der Waals surface area contributed by atoms with E-state index in [1.807, 2.05) is 50.2 Å². The summed E-state index contributed by atoms with van der Waals surface area (Å²) in [6.07, 6.45) is 0.335. The molecule has 4 nitrogen and oxygen atoms in total. The van der Waals surface area contributed by atoms with Crippen LogP contribution in [0.3, 0.4) is 0 Å². The van der Waals surface area contributed by atoms with Crippen molar-refractivity contribution in [3.63, 3.8) is 0 Å². The van der Waals surface area contributed by atoms with E-state index >= 15 is 0 Å². The molecule has 0 fully saturated rings. The third kappa shape index (κ3) is 4.69. The zero-order valence-electron chi connectivity index (χ0n) is 14.2. The molecule has 2 aromatic carbocycles. The molecule has 24 heavy (non-hydrogen) atoms. The number of hydrogen-bond donors (Lipinski definition) is 2. The highest BCUT2D eigenvalue weighted by atomic mass is 16.4. The predicted octanol–water partition coefficient (Wildman–Crippen LogP) is 3.82. The Morgan fingerprint density at radius 2 is 1.62 bits per heavy atom. The van der Waals surface area contributed by atoms with Crippen LogP contribution in [-0.4, -0.2) is 17.0 Å². The van der Waals surface area contributed by atoms with Gasteiger partial charge in [-0.3, -0.25) is 9.59 Å². The van der Waals surface area contributed by atoms with Gasteiger partial charge in [0.05, 0.1) is 5.92 Å². The lowest BCUT2D eigenvalue weighted by Gasteiger charge is -2.20. The molecule has 0 aliphatic carbocycles. The molecule has 2 unspecified atom stereocenters. The van der Waals surface area contributed by atoms with Gasteiger partial charge in [-0.25, -0.2) is 0 Å². The van der Waals surface area contributed by atoms with Gasteiger partial charge in [0.15, 0.2) is 0 Å². The lowest BCUT2D eigenvalue weighted by Crippen LogP contribution is -2.33. The van der Waals surface area contributed by atoms with Gasteiger partial charge in [0.2, 0.25) is 5.91 Å². The standard InChI is InChI=1S/C20H23NO3/c1-13-9-14(2)11-16(10-13)12-18(20(23)24)15(3)19(22)21-17-7-5-4-6-8-17/h4-11,15,18H,12H2,1-3H3,(H,21,22)(H,23,24). The summed E-state index contributed by atoms with van der Waals surface area (Å²) in [4.78, 5) is 24.1. The minimum absolute atomic E-state index is 0.280. The molecule has 2 N–H and O–H groups in total. The van der Waals surface area contributed by atoms with Crippen molar-refractivity contribution in [2.75, 3.05) is 5.32 Å². The van der Waals surface area contributed by atoms with Crippen molar-refractivity contribution in [2.45, 2.75) is 27.2 Å². The normalized spacial score (nSPS) is 13.1. The van der Waals surface area contributed by atoms with E-state index in [9.17, 15) is 14.7 Å². The van der Waals surface area contributed by atoms with Gasteiger partial charge in [-0.1, -0.05) is 54.4 Å². The largest absolute Gasteiger partial charge is 0.481 e. The number of carboxylic acids is 1. The van der Waals surface area contributed by atoms with Crippen molar-refractivity contribution in [3.8, 4) is 0 Å². The molecule has 0 heterocycles. The third-order valence-electron chi connectivity index (χ3n) is 4.11. The van der Waals surface area contributed by atoms with Crippen LogP contribution in [0.1, 0.15) is 23.6 Å². The Hall–Kier alpha value is -2.62. The number of hydrogen-bond acceptors (Lipinski definition) is 2. The van der Waals surface area contributed by atoms with E-state index in [4.69, 9.17) is 0 Å². The molecule has 0 saturated carbocycles. The molecule has 4 heteroatoms. The van der Waals surface area contributed by atoms with Crippen LogP contribution in [0.15, 0.2) is 48.5 Å². The highest BCUT2D eigenvalue weighted by Crippen LogP contribution is 2.22. The molecule has 2 aromatic rings. The van der Waals surface area contributed by atoms with Crippen LogP contribution >= 0.6 is 0 Å². The number of para-hydroxylation sites is 1. The Kier molecular flexibility index (Phi) is 5.74. The number of amides is 1. The van der Waals surface area contributed by atoms with Gasteiger partial charge in [0.25, 0.3) is 0 Å². The van der Waals surface area contributed by atoms with Gasteiger partial charge in [-0.2, -0.15) is 0 Å². The summed E-state index contributed by atoms with van der Waals surface area (Å²) < 4.78 is 0. The first-order valence-electron chi connectivity index (χ1n) is 8.02. The molecule has 0 aromatic heterocycles. The van der Waals surface area contributed by atoms with Crippen LogP contribution in [0.4, 0.5) is 5.69 Å². The zero-order valence-corrected chi connectivity index (χ0v) is 14.2. The van der Waals surface area contributed by atoms with E-state index in [1.54, 1.807) is 19.1 Å². The predicted molar refractivity (Wildman–Crippen MR) is 95.0 cm³/mol. The highest BCUT2D eigenvalue weighted by Gasteiger charge is 2.30. The fourth-order valence-corrected chi connectivity index (χ4v) is 2.88. The minimum atomic E-state index is -0.954. The van der Waals surface area contributed by atoms with Crippen molar-refractivity contribution in [1.29, 1.82) is 0 Å². The number of aliphatic carboxylic acids is 1. The number of aryl methyl sites for hydroxylation is 2. The average molecular weight is 325 g/mol. The van der Waals surface area contributed by atoms with Crippen LogP contribution in [0, 0.1) is 25.7 Å². The fraction of sp³-hybridized carbons (Fsp3) is 0.300. The number of anilines is 1. The van der Waals surface area contributed by atoms with Crippen molar-refractivity contribution >= 4 is 17.6 Å². The first-order valence-corrected chi connectivity index (χ1v) is 8.02. The summed E-state index contributed by atoms with van der Waals surface area (Å²) in [7, 11) is 0. The molecule has 0 bridgehead atoms. The van der Waals surface area contributed by atoms with Crippen molar-refractivity contribution in [3.05, 3.63) is 65.2 Å². The molecular weight excluding hydrogens is 302 g/mol. The number of rotatable bonds is 6. The van der Waals surface area contributed by atoms with Gasteiger partial charge >= 0.3 is 5.97 Å². The van der Waals surface area contributed by atoms with Gasteiger partial charge in [-0.15, -0.1) is 0 Å². The van der Waals surface area contributed by atoms with Crippen LogP contribution in [-0.2, 0) is 16.0 Å². The van der Waals surface area contributed by atoms with Crippen molar-refractivity contribution in [2.24, 2.45) is 11.8 Å². The number of carbonyl (C=O) groups excluding carboxylic acids is 1.